The van der Waals surface area contributed by atoms with E-state index < -0.39 is 12.0 Å². The largest absolute Gasteiger partial charge is 0.320 e. The third kappa shape index (κ3) is 3.30. The van der Waals surface area contributed by atoms with Crippen molar-refractivity contribution >= 4 is 23.2 Å². The van der Waals surface area contributed by atoms with Crippen molar-refractivity contribution in [1.29, 1.82) is 0 Å². The van der Waals surface area contributed by atoms with Gasteiger partial charge in [0, 0.05) is 0 Å². The summed E-state index contributed by atoms with van der Waals surface area (Å²) >= 11 is 11.5. The molecule has 2 N–H and O–H groups in total. The Bertz CT molecular complexity index is 353. The minimum Gasteiger partial charge on any atom is -0.320 e. The molecule has 0 aromatic heterocycles. The minimum atomic E-state index is -2.58. The van der Waals surface area contributed by atoms with E-state index in [1.807, 2.05) is 0 Å². The highest BCUT2D eigenvalue weighted by molar-refractivity contribution is 6.42. The summed E-state index contributed by atoms with van der Waals surface area (Å²) in [5.74, 6) is 0. The van der Waals surface area contributed by atoms with Crippen LogP contribution in [-0.4, -0.2) is 12.0 Å². The maximum atomic E-state index is 12.5. The summed E-state index contributed by atoms with van der Waals surface area (Å²) in [5.41, 5.74) is 4.56. The van der Waals surface area contributed by atoms with Gasteiger partial charge in [-0.15, -0.1) is 0 Å². The van der Waals surface area contributed by atoms with E-state index in [-0.39, 0.29) is 6.42 Å². The van der Waals surface area contributed by atoms with Gasteiger partial charge in [-0.05, 0) is 31.0 Å². The monoisotopic (exact) mass is 253 g/mol. The molecule has 0 heterocycles. The molecule has 1 rings (SSSR count). The van der Waals surface area contributed by atoms with Crippen LogP contribution in [0.15, 0.2) is 18.2 Å². The Morgan fingerprint density at radius 1 is 1.33 bits per heavy atom. The van der Waals surface area contributed by atoms with Crippen molar-refractivity contribution in [3.8, 4) is 0 Å². The summed E-state index contributed by atoms with van der Waals surface area (Å²) in [6.45, 7) is 1.31. The van der Waals surface area contributed by atoms with E-state index in [0.717, 1.165) is 0 Å². The Morgan fingerprint density at radius 3 is 2.40 bits per heavy atom. The molecule has 1 aromatic carbocycles. The van der Waals surface area contributed by atoms with Crippen molar-refractivity contribution in [2.24, 2.45) is 5.73 Å². The van der Waals surface area contributed by atoms with E-state index in [1.54, 1.807) is 18.2 Å². The van der Waals surface area contributed by atoms with E-state index in [0.29, 0.717) is 15.6 Å². The fourth-order valence-electron chi connectivity index (χ4n) is 1.17. The normalized spacial score (nSPS) is 15.4. The summed E-state index contributed by atoms with van der Waals surface area (Å²) < 4.78 is 25.0. The molecule has 0 saturated heterocycles. The Balaban J connectivity index is 2.86. The van der Waals surface area contributed by atoms with Gasteiger partial charge in [-0.3, -0.25) is 0 Å². The minimum absolute atomic E-state index is 0.0571. The van der Waals surface area contributed by atoms with Gasteiger partial charge in [0.15, 0.2) is 0 Å². The van der Waals surface area contributed by atoms with E-state index >= 15 is 0 Å². The second-order valence-electron chi connectivity index (χ2n) is 3.73. The van der Waals surface area contributed by atoms with Crippen molar-refractivity contribution in [1.82, 2.24) is 0 Å². The van der Waals surface area contributed by atoms with Crippen LogP contribution in [0.1, 0.15) is 12.5 Å². The number of hydrogen-bond acceptors (Lipinski definition) is 1. The lowest BCUT2D eigenvalue weighted by Crippen LogP contribution is -2.45. The molecule has 1 unspecified atom stereocenters. The number of alkyl halides is 2. The molecule has 15 heavy (non-hydrogen) atoms. The van der Waals surface area contributed by atoms with Crippen molar-refractivity contribution in [3.05, 3.63) is 33.8 Å². The van der Waals surface area contributed by atoms with Gasteiger partial charge in [0.25, 0.3) is 6.43 Å². The third-order valence-corrected chi connectivity index (χ3v) is 2.81. The molecule has 0 amide bonds. The van der Waals surface area contributed by atoms with Gasteiger partial charge < -0.3 is 5.73 Å². The molecule has 1 atom stereocenters. The highest BCUT2D eigenvalue weighted by atomic mass is 35.5. The standard InChI is InChI=1S/C10H11Cl2F2N/c1-10(15,9(13)14)5-6-2-3-7(11)8(12)4-6/h2-4,9H,5,15H2,1H3. The van der Waals surface area contributed by atoms with E-state index in [4.69, 9.17) is 28.9 Å². The van der Waals surface area contributed by atoms with Crippen molar-refractivity contribution < 1.29 is 8.78 Å². The number of benzene rings is 1. The molecule has 0 aliphatic carbocycles. The quantitative estimate of drug-likeness (QED) is 0.877. The summed E-state index contributed by atoms with van der Waals surface area (Å²) in [7, 11) is 0. The van der Waals surface area contributed by atoms with E-state index in [1.165, 1.54) is 6.92 Å². The fraction of sp³-hybridized carbons (Fsp3) is 0.400. The highest BCUT2D eigenvalue weighted by Crippen LogP contribution is 2.25. The second-order valence-corrected chi connectivity index (χ2v) is 4.55. The van der Waals surface area contributed by atoms with Crippen molar-refractivity contribution in [2.75, 3.05) is 0 Å². The van der Waals surface area contributed by atoms with Gasteiger partial charge in [0.05, 0.1) is 15.6 Å². The number of hydrogen-bond donors (Lipinski definition) is 1. The fourth-order valence-corrected chi connectivity index (χ4v) is 1.49. The Hall–Kier alpha value is -0.380. The van der Waals surface area contributed by atoms with E-state index in [2.05, 4.69) is 0 Å². The average Bonchev–Trinajstić information content (AvgIpc) is 2.10. The predicted octanol–water partition coefficient (Wildman–Crippen LogP) is 3.52. The van der Waals surface area contributed by atoms with Gasteiger partial charge in [0.1, 0.15) is 0 Å². The van der Waals surface area contributed by atoms with Crippen LogP contribution >= 0.6 is 23.2 Å². The average molecular weight is 254 g/mol. The lowest BCUT2D eigenvalue weighted by Gasteiger charge is -2.23. The molecule has 0 saturated carbocycles. The van der Waals surface area contributed by atoms with E-state index in [9.17, 15) is 8.78 Å². The van der Waals surface area contributed by atoms with Crippen LogP contribution in [0.3, 0.4) is 0 Å². The first-order valence-electron chi connectivity index (χ1n) is 4.34. The second kappa shape index (κ2) is 4.64. The molecule has 0 aliphatic rings. The zero-order valence-electron chi connectivity index (χ0n) is 8.11. The molecule has 1 nitrogen and oxygen atoms in total. The maximum absolute atomic E-state index is 12.5. The Kier molecular flexibility index (Phi) is 3.93. The van der Waals surface area contributed by atoms with Crippen LogP contribution < -0.4 is 5.73 Å². The SMILES string of the molecule is CC(N)(Cc1ccc(Cl)c(Cl)c1)C(F)F. The van der Waals surface area contributed by atoms with Gasteiger partial charge >= 0.3 is 0 Å². The third-order valence-electron chi connectivity index (χ3n) is 2.07. The van der Waals surface area contributed by atoms with Crippen molar-refractivity contribution in [2.45, 2.75) is 25.3 Å². The lowest BCUT2D eigenvalue weighted by atomic mass is 9.94. The van der Waals surface area contributed by atoms with Crippen LogP contribution in [0.2, 0.25) is 10.0 Å². The molecule has 0 aliphatic heterocycles. The van der Waals surface area contributed by atoms with Crippen LogP contribution in [0.25, 0.3) is 0 Å². The van der Waals surface area contributed by atoms with Crippen LogP contribution in [0.5, 0.6) is 0 Å². The number of halogens is 4. The summed E-state index contributed by atoms with van der Waals surface area (Å²) in [6.07, 6.45) is -2.52. The Labute approximate surface area is 97.2 Å². The molecule has 0 bridgehead atoms. The van der Waals surface area contributed by atoms with Gasteiger partial charge in [-0.25, -0.2) is 8.78 Å². The first kappa shape index (κ1) is 12.7. The van der Waals surface area contributed by atoms with Crippen LogP contribution in [0, 0.1) is 0 Å². The topological polar surface area (TPSA) is 26.0 Å². The first-order chi connectivity index (χ1) is 6.83. The highest BCUT2D eigenvalue weighted by Gasteiger charge is 2.30. The molecule has 0 radical (unpaired) electrons. The van der Waals surface area contributed by atoms with Crippen LogP contribution in [-0.2, 0) is 6.42 Å². The first-order valence-corrected chi connectivity index (χ1v) is 5.09. The van der Waals surface area contributed by atoms with Gasteiger partial charge in [0.2, 0.25) is 0 Å². The summed E-state index contributed by atoms with van der Waals surface area (Å²) in [5, 5.41) is 0.746. The zero-order chi connectivity index (χ0) is 11.6. The molecule has 1 aromatic rings. The van der Waals surface area contributed by atoms with Crippen molar-refractivity contribution in [3.63, 3.8) is 0 Å². The smallest absolute Gasteiger partial charge is 0.256 e. The molecular formula is C10H11Cl2F2N. The lowest BCUT2D eigenvalue weighted by molar-refractivity contribution is 0.0639. The summed E-state index contributed by atoms with van der Waals surface area (Å²) in [4.78, 5) is 0. The van der Waals surface area contributed by atoms with Gasteiger partial charge in [-0.1, -0.05) is 29.3 Å². The zero-order valence-corrected chi connectivity index (χ0v) is 9.62. The number of nitrogens with two attached hydrogens (primary N) is 1. The number of rotatable bonds is 3. The van der Waals surface area contributed by atoms with Gasteiger partial charge in [-0.2, -0.15) is 0 Å². The molecule has 0 fully saturated rings. The molecular weight excluding hydrogens is 243 g/mol. The predicted molar refractivity (Wildman–Crippen MR) is 58.8 cm³/mol. The van der Waals surface area contributed by atoms with Crippen LogP contribution in [0.4, 0.5) is 8.78 Å². The molecule has 5 heteroatoms. The summed E-state index contributed by atoms with van der Waals surface area (Å²) in [6, 6.07) is 4.76. The Morgan fingerprint density at radius 2 is 1.93 bits per heavy atom. The maximum Gasteiger partial charge on any atom is 0.256 e. The molecule has 0 spiro atoms. The molecule has 84 valence electrons.